The third-order valence-corrected chi connectivity index (χ3v) is 4.51. The van der Waals surface area contributed by atoms with Gasteiger partial charge in [0.1, 0.15) is 0 Å². The van der Waals surface area contributed by atoms with Crippen molar-refractivity contribution in [1.29, 1.82) is 0 Å². The summed E-state index contributed by atoms with van der Waals surface area (Å²) in [6, 6.07) is 0.517. The van der Waals surface area contributed by atoms with Crippen LogP contribution in [0.15, 0.2) is 0 Å². The fourth-order valence-electron chi connectivity index (χ4n) is 3.43. The van der Waals surface area contributed by atoms with Crippen LogP contribution in [0, 0.1) is 0 Å². The molecule has 3 heteroatoms. The number of nitrogens with one attached hydrogen (secondary N) is 1. The van der Waals surface area contributed by atoms with Crippen LogP contribution in [0.25, 0.3) is 0 Å². The monoisotopic (exact) mass is 238 g/mol. The van der Waals surface area contributed by atoms with Crippen molar-refractivity contribution in [3.8, 4) is 0 Å². The van der Waals surface area contributed by atoms with Gasteiger partial charge in [-0.15, -0.1) is 0 Å². The Balaban J connectivity index is 1.98. The first-order valence-electron chi connectivity index (χ1n) is 7.31. The molecule has 0 unspecified atom stereocenters. The molecule has 0 heterocycles. The summed E-state index contributed by atoms with van der Waals surface area (Å²) in [6.45, 7) is 0. The quantitative estimate of drug-likeness (QED) is 0.742. The molecular formula is C14H26N2O. The van der Waals surface area contributed by atoms with Crippen molar-refractivity contribution in [3.05, 3.63) is 0 Å². The summed E-state index contributed by atoms with van der Waals surface area (Å²) in [5.74, 6) is -0.124. The third kappa shape index (κ3) is 3.21. The Morgan fingerprint density at radius 1 is 0.941 bits per heavy atom. The highest BCUT2D eigenvalue weighted by Gasteiger charge is 2.39. The highest BCUT2D eigenvalue weighted by atomic mass is 16.1. The number of nitrogens with two attached hydrogens (primary N) is 1. The van der Waals surface area contributed by atoms with Gasteiger partial charge in [-0.05, 0) is 25.7 Å². The summed E-state index contributed by atoms with van der Waals surface area (Å²) in [5, 5.41) is 3.64. The third-order valence-electron chi connectivity index (χ3n) is 4.51. The van der Waals surface area contributed by atoms with Crippen LogP contribution in [0.4, 0.5) is 0 Å². The molecule has 0 aromatic rings. The van der Waals surface area contributed by atoms with Crippen LogP contribution < -0.4 is 11.1 Å². The van der Waals surface area contributed by atoms with Crippen molar-refractivity contribution in [1.82, 2.24) is 5.32 Å². The highest BCUT2D eigenvalue weighted by molar-refractivity contribution is 5.84. The van der Waals surface area contributed by atoms with E-state index in [9.17, 15) is 4.79 Å². The van der Waals surface area contributed by atoms with Gasteiger partial charge < -0.3 is 11.1 Å². The predicted molar refractivity (Wildman–Crippen MR) is 69.6 cm³/mol. The van der Waals surface area contributed by atoms with E-state index in [1.54, 1.807) is 0 Å². The van der Waals surface area contributed by atoms with Gasteiger partial charge in [0.25, 0.3) is 0 Å². The molecule has 0 aliphatic heterocycles. The van der Waals surface area contributed by atoms with Crippen LogP contribution in [-0.4, -0.2) is 17.5 Å². The standard InChI is InChI=1S/C14H26N2O/c15-13(17)14(10-6-3-7-11-14)16-12-8-4-1-2-5-9-12/h12,16H,1-11H2,(H2,15,17). The van der Waals surface area contributed by atoms with Crippen molar-refractivity contribution >= 4 is 5.91 Å². The number of hydrogen-bond donors (Lipinski definition) is 2. The minimum Gasteiger partial charge on any atom is -0.368 e. The van der Waals surface area contributed by atoms with Crippen molar-refractivity contribution in [2.75, 3.05) is 0 Å². The van der Waals surface area contributed by atoms with E-state index in [1.165, 1.54) is 44.9 Å². The SMILES string of the molecule is NC(=O)C1(NC2CCCCCC2)CCCCC1. The maximum Gasteiger partial charge on any atom is 0.237 e. The van der Waals surface area contributed by atoms with E-state index >= 15 is 0 Å². The summed E-state index contributed by atoms with van der Waals surface area (Å²) >= 11 is 0. The van der Waals surface area contributed by atoms with E-state index in [-0.39, 0.29) is 11.4 Å². The van der Waals surface area contributed by atoms with Crippen LogP contribution in [0.2, 0.25) is 0 Å². The van der Waals surface area contributed by atoms with Crippen LogP contribution in [-0.2, 0) is 4.79 Å². The number of hydrogen-bond acceptors (Lipinski definition) is 2. The second kappa shape index (κ2) is 5.85. The Hall–Kier alpha value is -0.570. The molecule has 98 valence electrons. The molecule has 1 amide bonds. The summed E-state index contributed by atoms with van der Waals surface area (Å²) < 4.78 is 0. The lowest BCUT2D eigenvalue weighted by atomic mass is 9.80. The Kier molecular flexibility index (Phi) is 4.43. The molecule has 3 N–H and O–H groups in total. The molecule has 0 atom stereocenters. The topological polar surface area (TPSA) is 55.1 Å². The van der Waals surface area contributed by atoms with Gasteiger partial charge in [-0.25, -0.2) is 0 Å². The highest BCUT2D eigenvalue weighted by Crippen LogP contribution is 2.30. The van der Waals surface area contributed by atoms with Crippen molar-refractivity contribution < 1.29 is 4.79 Å². The molecule has 0 saturated heterocycles. The Bertz CT molecular complexity index is 251. The van der Waals surface area contributed by atoms with Crippen LogP contribution in [0.5, 0.6) is 0 Å². The Morgan fingerprint density at radius 3 is 2.00 bits per heavy atom. The molecule has 2 rings (SSSR count). The zero-order valence-electron chi connectivity index (χ0n) is 10.8. The van der Waals surface area contributed by atoms with Gasteiger partial charge in [-0.3, -0.25) is 4.79 Å². The van der Waals surface area contributed by atoms with Gasteiger partial charge in [-0.2, -0.15) is 0 Å². The normalized spacial score (nSPS) is 26.4. The van der Waals surface area contributed by atoms with Crippen LogP contribution in [0.1, 0.15) is 70.6 Å². The van der Waals surface area contributed by atoms with Gasteiger partial charge in [0.2, 0.25) is 5.91 Å². The molecule has 2 fully saturated rings. The second-order valence-corrected chi connectivity index (χ2v) is 5.84. The molecule has 2 saturated carbocycles. The maximum atomic E-state index is 11.8. The first-order chi connectivity index (χ1) is 8.23. The predicted octanol–water partition coefficient (Wildman–Crippen LogP) is 2.49. The van der Waals surface area contributed by atoms with Gasteiger partial charge in [0, 0.05) is 6.04 Å². The van der Waals surface area contributed by atoms with Crippen molar-refractivity contribution in [3.63, 3.8) is 0 Å². The molecule has 2 aliphatic rings. The number of carbonyl (C=O) groups is 1. The van der Waals surface area contributed by atoms with Gasteiger partial charge in [0.15, 0.2) is 0 Å². The average molecular weight is 238 g/mol. The lowest BCUT2D eigenvalue weighted by molar-refractivity contribution is -0.126. The number of primary amides is 1. The fraction of sp³-hybridized carbons (Fsp3) is 0.929. The van der Waals surface area contributed by atoms with E-state index in [4.69, 9.17) is 5.73 Å². The number of carbonyl (C=O) groups excluding carboxylic acids is 1. The fourth-order valence-corrected chi connectivity index (χ4v) is 3.43. The van der Waals surface area contributed by atoms with Crippen LogP contribution >= 0.6 is 0 Å². The number of amides is 1. The summed E-state index contributed by atoms with van der Waals surface area (Å²) in [6.07, 6.45) is 13.1. The first-order valence-corrected chi connectivity index (χ1v) is 7.31. The van der Waals surface area contributed by atoms with Gasteiger partial charge in [0.05, 0.1) is 5.54 Å². The molecule has 17 heavy (non-hydrogen) atoms. The molecule has 0 aromatic carbocycles. The lowest BCUT2D eigenvalue weighted by Crippen LogP contribution is -2.59. The van der Waals surface area contributed by atoms with Gasteiger partial charge >= 0.3 is 0 Å². The smallest absolute Gasteiger partial charge is 0.237 e. The minimum absolute atomic E-state index is 0.124. The summed E-state index contributed by atoms with van der Waals surface area (Å²) in [7, 11) is 0. The average Bonchev–Trinajstić information content (AvgIpc) is 2.59. The molecule has 0 bridgehead atoms. The van der Waals surface area contributed by atoms with E-state index in [2.05, 4.69) is 5.32 Å². The molecule has 0 aromatic heterocycles. The zero-order valence-corrected chi connectivity index (χ0v) is 10.8. The molecule has 3 nitrogen and oxygen atoms in total. The lowest BCUT2D eigenvalue weighted by Gasteiger charge is -2.38. The van der Waals surface area contributed by atoms with Crippen LogP contribution in [0.3, 0.4) is 0 Å². The molecule has 2 aliphatic carbocycles. The second-order valence-electron chi connectivity index (χ2n) is 5.84. The summed E-state index contributed by atoms with van der Waals surface area (Å²) in [5.41, 5.74) is 5.28. The first kappa shape index (κ1) is 12.9. The minimum atomic E-state index is -0.382. The van der Waals surface area contributed by atoms with E-state index in [0.29, 0.717) is 6.04 Å². The van der Waals surface area contributed by atoms with Gasteiger partial charge in [-0.1, -0.05) is 44.9 Å². The number of rotatable bonds is 3. The summed E-state index contributed by atoms with van der Waals surface area (Å²) in [4.78, 5) is 11.8. The Labute approximate surface area is 105 Å². The van der Waals surface area contributed by atoms with Crippen molar-refractivity contribution in [2.45, 2.75) is 82.2 Å². The van der Waals surface area contributed by atoms with E-state index < -0.39 is 0 Å². The largest absolute Gasteiger partial charge is 0.368 e. The van der Waals surface area contributed by atoms with E-state index in [1.807, 2.05) is 0 Å². The molecule has 0 spiro atoms. The molecular weight excluding hydrogens is 212 g/mol. The zero-order chi connectivity index (χ0) is 12.1. The molecule has 0 radical (unpaired) electrons. The Morgan fingerprint density at radius 2 is 1.47 bits per heavy atom. The van der Waals surface area contributed by atoms with E-state index in [0.717, 1.165) is 25.7 Å². The maximum absolute atomic E-state index is 11.8. The van der Waals surface area contributed by atoms with Crippen molar-refractivity contribution in [2.24, 2.45) is 5.73 Å².